The van der Waals surface area contributed by atoms with E-state index >= 15 is 0 Å². The second-order valence-corrected chi connectivity index (χ2v) is 8.16. The van der Waals surface area contributed by atoms with Crippen molar-refractivity contribution >= 4 is 0 Å². The summed E-state index contributed by atoms with van der Waals surface area (Å²) in [7, 11) is 3.41. The molecule has 1 atom stereocenters. The monoisotopic (exact) mass is 390 g/mol. The summed E-state index contributed by atoms with van der Waals surface area (Å²) in [5, 5.41) is 0. The van der Waals surface area contributed by atoms with Crippen LogP contribution in [0.25, 0.3) is 11.3 Å². The molecule has 0 radical (unpaired) electrons. The van der Waals surface area contributed by atoms with Crippen molar-refractivity contribution in [1.29, 1.82) is 0 Å². The number of hydrogen-bond acceptors (Lipinski definition) is 5. The highest BCUT2D eigenvalue weighted by Gasteiger charge is 2.44. The number of rotatable bonds is 5. The van der Waals surface area contributed by atoms with Gasteiger partial charge in [0.25, 0.3) is 0 Å². The topological polar surface area (TPSA) is 52.4 Å². The van der Waals surface area contributed by atoms with Crippen LogP contribution in [0, 0.1) is 5.41 Å². The molecule has 5 rings (SSSR count). The van der Waals surface area contributed by atoms with E-state index in [1.807, 2.05) is 24.4 Å². The fourth-order valence-corrected chi connectivity index (χ4v) is 4.93. The van der Waals surface area contributed by atoms with Crippen molar-refractivity contribution in [3.8, 4) is 22.9 Å². The normalized spacial score (nSPS) is 20.9. The molecule has 0 amide bonds. The summed E-state index contributed by atoms with van der Waals surface area (Å²) in [4.78, 5) is 11.6. The zero-order valence-corrected chi connectivity index (χ0v) is 17.0. The molecule has 6 nitrogen and oxygen atoms in total. The summed E-state index contributed by atoms with van der Waals surface area (Å²) < 4.78 is 13.4. The molecule has 2 aliphatic rings. The number of ether oxygens (including phenoxy) is 2. The summed E-state index contributed by atoms with van der Waals surface area (Å²) in [5.41, 5.74) is 3.68. The number of hydrogen-bond donors (Lipinski definition) is 0. The Bertz CT molecular complexity index is 1030. The van der Waals surface area contributed by atoms with Gasteiger partial charge in [0.2, 0.25) is 5.88 Å². The Morgan fingerprint density at radius 1 is 1.03 bits per heavy atom. The number of methoxy groups -OCH3 is 2. The van der Waals surface area contributed by atoms with Gasteiger partial charge in [-0.3, -0.25) is 4.90 Å². The summed E-state index contributed by atoms with van der Waals surface area (Å²) in [6, 6.07) is 12.3. The van der Waals surface area contributed by atoms with Crippen LogP contribution in [-0.4, -0.2) is 46.7 Å². The van der Waals surface area contributed by atoms with Crippen molar-refractivity contribution in [3.05, 3.63) is 60.2 Å². The van der Waals surface area contributed by atoms with Crippen LogP contribution in [0.2, 0.25) is 0 Å². The molecule has 29 heavy (non-hydrogen) atoms. The molecule has 1 aromatic carbocycles. The van der Waals surface area contributed by atoms with Crippen molar-refractivity contribution in [2.75, 3.05) is 27.3 Å². The van der Waals surface area contributed by atoms with Gasteiger partial charge in [-0.2, -0.15) is 0 Å². The molecule has 0 aliphatic carbocycles. The number of likely N-dealkylation sites (tertiary alicyclic amines) is 1. The molecule has 2 aromatic heterocycles. The molecule has 0 unspecified atom stereocenters. The number of fused-ring (bicyclic) bond motifs is 1. The van der Waals surface area contributed by atoms with Gasteiger partial charge < -0.3 is 14.0 Å². The Hall–Kier alpha value is -2.86. The van der Waals surface area contributed by atoms with Crippen LogP contribution >= 0.6 is 0 Å². The van der Waals surface area contributed by atoms with E-state index in [1.165, 1.54) is 12.2 Å². The fraction of sp³-hybridized carbons (Fsp3) is 0.391. The Morgan fingerprint density at radius 3 is 2.79 bits per heavy atom. The third-order valence-corrected chi connectivity index (χ3v) is 6.30. The standard InChI is InChI=1S/C23H26N4O2/c1-28-20-8-4-3-7-18(20)19-13-25-21-12-23(16-27(19)21)9-11-26(15-23)14-17-6-5-10-24-22(17)29-2/h3-8,10,13H,9,11-12,14-16H2,1-2H3/t23-/m1/s1. The van der Waals surface area contributed by atoms with Crippen LogP contribution in [-0.2, 0) is 19.5 Å². The molecule has 0 saturated carbocycles. The molecule has 150 valence electrons. The third kappa shape index (κ3) is 3.17. The number of nitrogens with zero attached hydrogens (tertiary/aromatic N) is 4. The highest BCUT2D eigenvalue weighted by atomic mass is 16.5. The number of pyridine rings is 1. The first-order valence-electron chi connectivity index (χ1n) is 10.1. The first-order valence-corrected chi connectivity index (χ1v) is 10.1. The van der Waals surface area contributed by atoms with Crippen LogP contribution in [0.5, 0.6) is 11.6 Å². The number of benzene rings is 1. The van der Waals surface area contributed by atoms with Crippen LogP contribution < -0.4 is 9.47 Å². The van der Waals surface area contributed by atoms with Gasteiger partial charge in [0.1, 0.15) is 11.6 Å². The molecule has 6 heteroatoms. The largest absolute Gasteiger partial charge is 0.496 e. The smallest absolute Gasteiger partial charge is 0.217 e. The third-order valence-electron chi connectivity index (χ3n) is 6.30. The van der Waals surface area contributed by atoms with E-state index in [4.69, 9.17) is 14.5 Å². The zero-order chi connectivity index (χ0) is 19.8. The van der Waals surface area contributed by atoms with Crippen molar-refractivity contribution < 1.29 is 9.47 Å². The van der Waals surface area contributed by atoms with Crippen LogP contribution in [0.1, 0.15) is 17.8 Å². The average Bonchev–Trinajstić information content (AvgIpc) is 3.43. The molecule has 0 N–H and O–H groups in total. The molecule has 1 fully saturated rings. The van der Waals surface area contributed by atoms with Crippen molar-refractivity contribution in [3.63, 3.8) is 0 Å². The number of para-hydroxylation sites is 1. The van der Waals surface area contributed by atoms with E-state index in [1.54, 1.807) is 20.4 Å². The second kappa shape index (κ2) is 7.19. The molecule has 1 saturated heterocycles. The summed E-state index contributed by atoms with van der Waals surface area (Å²) in [6.07, 6.45) is 5.99. The van der Waals surface area contributed by atoms with Crippen molar-refractivity contribution in [2.24, 2.45) is 5.41 Å². The Kier molecular flexibility index (Phi) is 4.51. The predicted molar refractivity (Wildman–Crippen MR) is 111 cm³/mol. The highest BCUT2D eigenvalue weighted by Crippen LogP contribution is 2.44. The van der Waals surface area contributed by atoms with Gasteiger partial charge in [-0.05, 0) is 31.2 Å². The van der Waals surface area contributed by atoms with Crippen LogP contribution in [0.15, 0.2) is 48.8 Å². The van der Waals surface area contributed by atoms with Gasteiger partial charge in [-0.15, -0.1) is 0 Å². The lowest BCUT2D eigenvalue weighted by molar-refractivity contribution is 0.244. The van der Waals surface area contributed by atoms with E-state index < -0.39 is 0 Å². The minimum absolute atomic E-state index is 0.260. The molecule has 4 heterocycles. The van der Waals surface area contributed by atoms with Gasteiger partial charge in [0.15, 0.2) is 0 Å². The first-order chi connectivity index (χ1) is 14.2. The van der Waals surface area contributed by atoms with E-state index in [9.17, 15) is 0 Å². The van der Waals surface area contributed by atoms with Gasteiger partial charge in [0.05, 0.1) is 26.1 Å². The van der Waals surface area contributed by atoms with Gasteiger partial charge in [-0.25, -0.2) is 9.97 Å². The molecule has 3 aromatic rings. The maximum Gasteiger partial charge on any atom is 0.217 e. The van der Waals surface area contributed by atoms with Gasteiger partial charge in [0, 0.05) is 48.8 Å². The maximum atomic E-state index is 5.58. The summed E-state index contributed by atoms with van der Waals surface area (Å²) in [6.45, 7) is 4.05. The maximum absolute atomic E-state index is 5.58. The van der Waals surface area contributed by atoms with Gasteiger partial charge >= 0.3 is 0 Å². The quantitative estimate of drug-likeness (QED) is 0.668. The lowest BCUT2D eigenvalue weighted by atomic mass is 9.86. The minimum atomic E-state index is 0.260. The van der Waals surface area contributed by atoms with Crippen LogP contribution in [0.3, 0.4) is 0 Å². The van der Waals surface area contributed by atoms with E-state index in [0.717, 1.165) is 61.1 Å². The average molecular weight is 390 g/mol. The van der Waals surface area contributed by atoms with E-state index in [-0.39, 0.29) is 5.41 Å². The fourth-order valence-electron chi connectivity index (χ4n) is 4.93. The van der Waals surface area contributed by atoms with E-state index in [2.05, 4.69) is 32.7 Å². The lowest BCUT2D eigenvalue weighted by Gasteiger charge is -2.24. The SMILES string of the molecule is COc1ccccc1-c1cnc2n1C[C@]1(CCN(Cc3cccnc3OC)C1)C2. The predicted octanol–water partition coefficient (Wildman–Crippen LogP) is 3.41. The molecule has 0 bridgehead atoms. The van der Waals surface area contributed by atoms with Crippen LogP contribution in [0.4, 0.5) is 0 Å². The molecule has 1 spiro atoms. The zero-order valence-electron chi connectivity index (χ0n) is 17.0. The first kappa shape index (κ1) is 18.2. The van der Waals surface area contributed by atoms with Crippen molar-refractivity contribution in [1.82, 2.24) is 19.4 Å². The van der Waals surface area contributed by atoms with Gasteiger partial charge in [-0.1, -0.05) is 18.2 Å². The number of aromatic nitrogens is 3. The Morgan fingerprint density at radius 2 is 1.93 bits per heavy atom. The van der Waals surface area contributed by atoms with Crippen molar-refractivity contribution in [2.45, 2.75) is 25.9 Å². The molecule has 2 aliphatic heterocycles. The summed E-state index contributed by atoms with van der Waals surface area (Å²) in [5.74, 6) is 2.81. The molecular weight excluding hydrogens is 364 g/mol. The minimum Gasteiger partial charge on any atom is -0.496 e. The lowest BCUT2D eigenvalue weighted by Crippen LogP contribution is -2.28. The number of imidazole rings is 1. The highest BCUT2D eigenvalue weighted by molar-refractivity contribution is 5.67. The molecular formula is C23H26N4O2. The Balaban J connectivity index is 1.35. The van der Waals surface area contributed by atoms with E-state index in [0.29, 0.717) is 0 Å². The second-order valence-electron chi connectivity index (χ2n) is 8.16. The Labute approximate surface area is 171 Å². The summed E-state index contributed by atoms with van der Waals surface area (Å²) >= 11 is 0.